The first-order valence-corrected chi connectivity index (χ1v) is 8.53. The first-order chi connectivity index (χ1) is 10.2. The lowest BCUT2D eigenvalue weighted by Gasteiger charge is -2.40. The molecule has 0 aliphatic carbocycles. The van der Waals surface area contributed by atoms with Crippen LogP contribution in [-0.2, 0) is 4.74 Å². The summed E-state index contributed by atoms with van der Waals surface area (Å²) in [5.41, 5.74) is 0.566. The van der Waals surface area contributed by atoms with Crippen molar-refractivity contribution >= 4 is 33.6 Å². The molecular weight excluding hydrogens is 368 g/mol. The minimum atomic E-state index is -0.490. The summed E-state index contributed by atoms with van der Waals surface area (Å²) in [5.74, 6) is 0. The predicted octanol–water partition coefficient (Wildman–Crippen LogP) is 4.37. The van der Waals surface area contributed by atoms with Crippen LogP contribution in [0.1, 0.15) is 39.3 Å². The van der Waals surface area contributed by atoms with E-state index in [1.165, 1.54) is 0 Å². The molecule has 6 heteroatoms. The molecule has 1 aliphatic heterocycles. The van der Waals surface area contributed by atoms with Gasteiger partial charge in [0.05, 0.1) is 12.1 Å². The van der Waals surface area contributed by atoms with Gasteiger partial charge in [-0.2, -0.15) is 0 Å². The Kier molecular flexibility index (Phi) is 5.41. The molecule has 22 heavy (non-hydrogen) atoms. The molecule has 1 aliphatic rings. The second-order valence-electron chi connectivity index (χ2n) is 6.55. The molecule has 1 saturated heterocycles. The molecule has 1 amide bonds. The minimum Gasteiger partial charge on any atom is -0.444 e. The Labute approximate surface area is 145 Å². The van der Waals surface area contributed by atoms with E-state index in [9.17, 15) is 4.79 Å². The molecule has 1 N–H and O–H groups in total. The number of hydrogen-bond donors (Lipinski definition) is 1. The first kappa shape index (κ1) is 17.6. The molecule has 2 unspecified atom stereocenters. The number of ether oxygens (including phenoxy) is 1. The number of carbonyl (C=O) groups excluding carboxylic acids is 1. The molecule has 1 aromatic rings. The van der Waals surface area contributed by atoms with Crippen LogP contribution in [-0.4, -0.2) is 35.7 Å². The van der Waals surface area contributed by atoms with Crippen LogP contribution < -0.4 is 5.32 Å². The molecule has 1 aromatic carbocycles. The molecule has 0 spiro atoms. The van der Waals surface area contributed by atoms with Crippen molar-refractivity contribution in [2.45, 2.75) is 45.4 Å². The largest absolute Gasteiger partial charge is 0.444 e. The van der Waals surface area contributed by atoms with Crippen molar-refractivity contribution < 1.29 is 9.53 Å². The highest BCUT2D eigenvalue weighted by atomic mass is 79.9. The molecule has 2 rings (SSSR count). The van der Waals surface area contributed by atoms with Gasteiger partial charge in [0.15, 0.2) is 0 Å². The highest BCUT2D eigenvalue weighted by Crippen LogP contribution is 2.29. The third-order valence-electron chi connectivity index (χ3n) is 3.56. The van der Waals surface area contributed by atoms with E-state index in [4.69, 9.17) is 16.3 Å². The quantitative estimate of drug-likeness (QED) is 0.775. The maximum atomic E-state index is 12.4. The Balaban J connectivity index is 2.19. The summed E-state index contributed by atoms with van der Waals surface area (Å²) in [6.45, 7) is 9.01. The van der Waals surface area contributed by atoms with Crippen LogP contribution in [0.3, 0.4) is 0 Å². The van der Waals surface area contributed by atoms with Gasteiger partial charge in [-0.1, -0.05) is 27.5 Å². The lowest BCUT2D eigenvalue weighted by Crippen LogP contribution is -2.55. The average molecular weight is 390 g/mol. The number of rotatable bonds is 1. The van der Waals surface area contributed by atoms with E-state index in [0.717, 1.165) is 16.6 Å². The predicted molar refractivity (Wildman–Crippen MR) is 92.3 cm³/mol. The average Bonchev–Trinajstić information content (AvgIpc) is 2.35. The third kappa shape index (κ3) is 4.37. The Morgan fingerprint density at radius 2 is 2.09 bits per heavy atom. The number of nitrogens with zero attached hydrogens (tertiary/aromatic N) is 1. The highest BCUT2D eigenvalue weighted by molar-refractivity contribution is 9.10. The normalized spacial score (nSPS) is 22.5. The van der Waals surface area contributed by atoms with Crippen molar-refractivity contribution in [1.29, 1.82) is 0 Å². The molecule has 4 nitrogen and oxygen atoms in total. The third-order valence-corrected chi connectivity index (χ3v) is 4.24. The van der Waals surface area contributed by atoms with Gasteiger partial charge >= 0.3 is 6.09 Å². The fourth-order valence-corrected chi connectivity index (χ4v) is 3.51. The van der Waals surface area contributed by atoms with Gasteiger partial charge in [-0.05, 0) is 51.5 Å². The highest BCUT2D eigenvalue weighted by Gasteiger charge is 2.34. The maximum absolute atomic E-state index is 12.4. The van der Waals surface area contributed by atoms with Crippen LogP contribution in [0.2, 0.25) is 5.02 Å². The van der Waals surface area contributed by atoms with Gasteiger partial charge in [-0.25, -0.2) is 4.79 Å². The lowest BCUT2D eigenvalue weighted by atomic mass is 9.97. The van der Waals surface area contributed by atoms with Gasteiger partial charge in [0.1, 0.15) is 5.60 Å². The van der Waals surface area contributed by atoms with Gasteiger partial charge in [-0.3, -0.25) is 0 Å². The molecular formula is C16H22BrClN2O2. The van der Waals surface area contributed by atoms with Crippen molar-refractivity contribution in [2.24, 2.45) is 0 Å². The Morgan fingerprint density at radius 3 is 2.68 bits per heavy atom. The number of carbonyl (C=O) groups is 1. The van der Waals surface area contributed by atoms with Crippen LogP contribution in [0.25, 0.3) is 0 Å². The van der Waals surface area contributed by atoms with Gasteiger partial charge in [-0.15, -0.1) is 0 Å². The summed E-state index contributed by atoms with van der Waals surface area (Å²) in [4.78, 5) is 14.2. The van der Waals surface area contributed by atoms with Crippen molar-refractivity contribution in [3.8, 4) is 0 Å². The molecule has 0 aromatic heterocycles. The first-order valence-electron chi connectivity index (χ1n) is 7.36. The molecule has 1 heterocycles. The number of hydrogen-bond acceptors (Lipinski definition) is 3. The summed E-state index contributed by atoms with van der Waals surface area (Å²) >= 11 is 9.61. The van der Waals surface area contributed by atoms with E-state index in [2.05, 4.69) is 21.2 Å². The van der Waals surface area contributed by atoms with Crippen LogP contribution in [0.15, 0.2) is 22.7 Å². The van der Waals surface area contributed by atoms with E-state index in [1.807, 2.05) is 45.9 Å². The monoisotopic (exact) mass is 388 g/mol. The summed E-state index contributed by atoms with van der Waals surface area (Å²) in [6.07, 6.45) is -0.271. The summed E-state index contributed by atoms with van der Waals surface area (Å²) < 4.78 is 6.43. The van der Waals surface area contributed by atoms with Crippen LogP contribution in [0.5, 0.6) is 0 Å². The van der Waals surface area contributed by atoms with Crippen LogP contribution in [0, 0.1) is 0 Å². The summed E-state index contributed by atoms with van der Waals surface area (Å²) in [6, 6.07) is 5.81. The van der Waals surface area contributed by atoms with E-state index in [-0.39, 0.29) is 18.2 Å². The Bertz CT molecular complexity index is 539. The molecule has 0 bridgehead atoms. The van der Waals surface area contributed by atoms with E-state index in [1.54, 1.807) is 4.90 Å². The summed E-state index contributed by atoms with van der Waals surface area (Å²) in [7, 11) is 0. The molecule has 0 saturated carbocycles. The van der Waals surface area contributed by atoms with Crippen molar-refractivity contribution in [2.75, 3.05) is 13.1 Å². The SMILES string of the molecule is CC1C(c2cc(Cl)cc(Br)c2)NCCN1C(=O)OC(C)(C)C. The number of benzene rings is 1. The smallest absolute Gasteiger partial charge is 0.410 e. The number of amides is 1. The maximum Gasteiger partial charge on any atom is 0.410 e. The fraction of sp³-hybridized carbons (Fsp3) is 0.562. The minimum absolute atomic E-state index is 0.0195. The van der Waals surface area contributed by atoms with Gasteiger partial charge in [0.2, 0.25) is 0 Å². The van der Waals surface area contributed by atoms with Crippen molar-refractivity contribution in [3.05, 3.63) is 33.3 Å². The van der Waals surface area contributed by atoms with Gasteiger partial charge < -0.3 is 15.0 Å². The molecule has 2 atom stereocenters. The molecule has 122 valence electrons. The number of piperazine rings is 1. The van der Waals surface area contributed by atoms with E-state index in [0.29, 0.717) is 11.6 Å². The lowest BCUT2D eigenvalue weighted by molar-refractivity contribution is 0.00810. The van der Waals surface area contributed by atoms with E-state index < -0.39 is 5.60 Å². The second-order valence-corrected chi connectivity index (χ2v) is 7.90. The summed E-state index contributed by atoms with van der Waals surface area (Å²) in [5, 5.41) is 4.13. The number of nitrogens with one attached hydrogen (secondary N) is 1. The zero-order valence-corrected chi connectivity index (χ0v) is 15.7. The zero-order chi connectivity index (χ0) is 16.5. The Hall–Kier alpha value is -0.780. The zero-order valence-electron chi connectivity index (χ0n) is 13.3. The van der Waals surface area contributed by atoms with Crippen LogP contribution in [0.4, 0.5) is 4.79 Å². The Morgan fingerprint density at radius 1 is 1.41 bits per heavy atom. The fourth-order valence-electron chi connectivity index (χ4n) is 2.62. The number of halogens is 2. The molecule has 0 radical (unpaired) electrons. The van der Waals surface area contributed by atoms with Crippen molar-refractivity contribution in [3.63, 3.8) is 0 Å². The van der Waals surface area contributed by atoms with Gasteiger partial charge in [0, 0.05) is 22.6 Å². The van der Waals surface area contributed by atoms with E-state index >= 15 is 0 Å². The van der Waals surface area contributed by atoms with Gasteiger partial charge in [0.25, 0.3) is 0 Å². The van der Waals surface area contributed by atoms with Crippen LogP contribution >= 0.6 is 27.5 Å². The van der Waals surface area contributed by atoms with Crippen molar-refractivity contribution in [1.82, 2.24) is 10.2 Å². The molecule has 1 fully saturated rings. The topological polar surface area (TPSA) is 41.6 Å². The standard InChI is InChI=1S/C16H22BrClN2O2/c1-10-14(11-7-12(17)9-13(18)8-11)19-5-6-20(10)15(21)22-16(2,3)4/h7-10,14,19H,5-6H2,1-4H3. The second kappa shape index (κ2) is 6.77.